The van der Waals surface area contributed by atoms with Crippen molar-refractivity contribution < 1.29 is 18.3 Å². The van der Waals surface area contributed by atoms with Crippen molar-refractivity contribution in [3.05, 3.63) is 65.2 Å². The number of aryl methyl sites for hydroxylation is 1. The number of benzene rings is 2. The van der Waals surface area contributed by atoms with Crippen molar-refractivity contribution in [3.63, 3.8) is 0 Å². The zero-order valence-corrected chi connectivity index (χ0v) is 15.2. The molecule has 0 saturated carbocycles. The summed E-state index contributed by atoms with van der Waals surface area (Å²) >= 11 is 1.27. The van der Waals surface area contributed by atoms with Gasteiger partial charge >= 0.3 is 6.61 Å². The predicted molar refractivity (Wildman–Crippen MR) is 102 cm³/mol. The van der Waals surface area contributed by atoms with E-state index in [1.54, 1.807) is 17.5 Å². The Kier molecular flexibility index (Phi) is 5.97. The van der Waals surface area contributed by atoms with Crippen LogP contribution in [0.25, 0.3) is 0 Å². The molecule has 8 heteroatoms. The molecule has 2 N–H and O–H groups in total. The number of nitrogens with one attached hydrogen (secondary N) is 2. The second-order valence-electron chi connectivity index (χ2n) is 5.57. The standard InChI is InChI=1S/C19H17F2N3O2S/c1-2-12-3-5-13(6-4-12)22-17(25)16-11-27-19(24-16)23-14-7-9-15(10-8-14)26-18(20)21/h3-11,18H,2H2,1H3,(H,22,25)(H,23,24). The average molecular weight is 389 g/mol. The van der Waals surface area contributed by atoms with Gasteiger partial charge in [-0.15, -0.1) is 11.3 Å². The van der Waals surface area contributed by atoms with Crippen molar-refractivity contribution in [2.24, 2.45) is 0 Å². The lowest BCUT2D eigenvalue weighted by Crippen LogP contribution is -2.12. The molecule has 3 aromatic rings. The molecule has 0 aliphatic heterocycles. The number of amides is 1. The molecule has 0 aliphatic rings. The first-order chi connectivity index (χ1) is 13.0. The molecule has 0 spiro atoms. The Morgan fingerprint density at radius 2 is 1.78 bits per heavy atom. The van der Waals surface area contributed by atoms with E-state index in [2.05, 4.69) is 27.3 Å². The van der Waals surface area contributed by atoms with Gasteiger partial charge in [-0.05, 0) is 48.4 Å². The summed E-state index contributed by atoms with van der Waals surface area (Å²) in [4.78, 5) is 16.5. The zero-order valence-electron chi connectivity index (χ0n) is 14.4. The van der Waals surface area contributed by atoms with Crippen LogP contribution < -0.4 is 15.4 Å². The minimum absolute atomic E-state index is 0.0730. The van der Waals surface area contributed by atoms with E-state index in [0.29, 0.717) is 22.2 Å². The smallest absolute Gasteiger partial charge is 0.387 e. The van der Waals surface area contributed by atoms with Gasteiger partial charge in [0, 0.05) is 16.8 Å². The summed E-state index contributed by atoms with van der Waals surface area (Å²) in [5.74, 6) is -0.229. The molecule has 27 heavy (non-hydrogen) atoms. The molecular weight excluding hydrogens is 372 g/mol. The van der Waals surface area contributed by atoms with Crippen LogP contribution in [0.15, 0.2) is 53.9 Å². The van der Waals surface area contributed by atoms with Crippen LogP contribution in [0.1, 0.15) is 23.0 Å². The van der Waals surface area contributed by atoms with Crippen molar-refractivity contribution in [3.8, 4) is 5.75 Å². The van der Waals surface area contributed by atoms with E-state index < -0.39 is 6.61 Å². The van der Waals surface area contributed by atoms with Crippen LogP contribution >= 0.6 is 11.3 Å². The highest BCUT2D eigenvalue weighted by atomic mass is 32.1. The molecule has 2 aromatic carbocycles. The van der Waals surface area contributed by atoms with Gasteiger partial charge in [0.05, 0.1) is 0 Å². The fraction of sp³-hybridized carbons (Fsp3) is 0.158. The number of aromatic nitrogens is 1. The average Bonchev–Trinajstić information content (AvgIpc) is 3.12. The van der Waals surface area contributed by atoms with Gasteiger partial charge in [0.1, 0.15) is 11.4 Å². The van der Waals surface area contributed by atoms with E-state index in [-0.39, 0.29) is 11.7 Å². The number of carbonyl (C=O) groups excluding carboxylic acids is 1. The van der Waals surface area contributed by atoms with Crippen molar-refractivity contribution >= 4 is 33.8 Å². The van der Waals surface area contributed by atoms with E-state index in [1.807, 2.05) is 24.3 Å². The number of hydrogen-bond acceptors (Lipinski definition) is 5. The lowest BCUT2D eigenvalue weighted by molar-refractivity contribution is -0.0498. The van der Waals surface area contributed by atoms with Crippen molar-refractivity contribution in [2.45, 2.75) is 20.0 Å². The van der Waals surface area contributed by atoms with E-state index in [9.17, 15) is 13.6 Å². The van der Waals surface area contributed by atoms with E-state index in [0.717, 1.165) is 6.42 Å². The zero-order chi connectivity index (χ0) is 19.2. The third kappa shape index (κ3) is 5.24. The van der Waals surface area contributed by atoms with Gasteiger partial charge in [-0.3, -0.25) is 4.79 Å². The molecule has 3 rings (SSSR count). The molecule has 5 nitrogen and oxygen atoms in total. The molecule has 140 valence electrons. The lowest BCUT2D eigenvalue weighted by atomic mass is 10.1. The topological polar surface area (TPSA) is 63.2 Å². The van der Waals surface area contributed by atoms with Crippen molar-refractivity contribution in [2.75, 3.05) is 10.6 Å². The highest BCUT2D eigenvalue weighted by Crippen LogP contribution is 2.24. The largest absolute Gasteiger partial charge is 0.435 e. The van der Waals surface area contributed by atoms with Crippen molar-refractivity contribution in [1.29, 1.82) is 0 Å². The minimum atomic E-state index is -2.86. The molecule has 0 aliphatic carbocycles. The Balaban J connectivity index is 1.60. The number of hydrogen-bond donors (Lipinski definition) is 2. The quantitative estimate of drug-likeness (QED) is 0.575. The maximum absolute atomic E-state index is 12.3. The maximum atomic E-state index is 12.3. The van der Waals surface area contributed by atoms with Gasteiger partial charge in [-0.1, -0.05) is 19.1 Å². The number of nitrogens with zero attached hydrogens (tertiary/aromatic N) is 1. The Morgan fingerprint density at radius 3 is 2.41 bits per heavy atom. The summed E-state index contributed by atoms with van der Waals surface area (Å²) in [5, 5.41) is 7.99. The van der Waals surface area contributed by atoms with Gasteiger partial charge < -0.3 is 15.4 Å². The second-order valence-corrected chi connectivity index (χ2v) is 6.43. The number of rotatable bonds is 7. The summed E-state index contributed by atoms with van der Waals surface area (Å²) in [6.07, 6.45) is 0.935. The number of ether oxygens (including phenoxy) is 1. The fourth-order valence-electron chi connectivity index (χ4n) is 2.30. The molecular formula is C19H17F2N3O2S. The van der Waals surface area contributed by atoms with Gasteiger partial charge in [0.2, 0.25) is 0 Å². The van der Waals surface area contributed by atoms with Crippen molar-refractivity contribution in [1.82, 2.24) is 4.98 Å². The third-order valence-corrected chi connectivity index (χ3v) is 4.45. The van der Waals surface area contributed by atoms with Gasteiger partial charge in [-0.2, -0.15) is 8.78 Å². The highest BCUT2D eigenvalue weighted by molar-refractivity contribution is 7.14. The Bertz CT molecular complexity index is 896. The summed E-state index contributed by atoms with van der Waals surface area (Å²) in [6, 6.07) is 13.7. The lowest BCUT2D eigenvalue weighted by Gasteiger charge is -2.06. The number of thiazole rings is 1. The van der Waals surface area contributed by atoms with Crippen LogP contribution in [0.2, 0.25) is 0 Å². The second kappa shape index (κ2) is 8.59. The predicted octanol–water partition coefficient (Wildman–Crippen LogP) is 5.30. The summed E-state index contributed by atoms with van der Waals surface area (Å²) in [7, 11) is 0. The first-order valence-electron chi connectivity index (χ1n) is 8.21. The van der Waals surface area contributed by atoms with Crippen LogP contribution in [0.5, 0.6) is 5.75 Å². The van der Waals surface area contributed by atoms with Gasteiger partial charge in [0.15, 0.2) is 5.13 Å². The Hall–Kier alpha value is -3.00. The summed E-state index contributed by atoms with van der Waals surface area (Å²) in [6.45, 7) is -0.793. The normalized spacial score (nSPS) is 10.7. The number of anilines is 3. The van der Waals surface area contributed by atoms with Crippen LogP contribution in [0.3, 0.4) is 0 Å². The van der Waals surface area contributed by atoms with E-state index >= 15 is 0 Å². The van der Waals surface area contributed by atoms with Gasteiger partial charge in [-0.25, -0.2) is 4.98 Å². The molecule has 0 fully saturated rings. The monoisotopic (exact) mass is 389 g/mol. The fourth-order valence-corrected chi connectivity index (χ4v) is 3.01. The SMILES string of the molecule is CCc1ccc(NC(=O)c2csc(Nc3ccc(OC(F)F)cc3)n2)cc1. The molecule has 0 saturated heterocycles. The molecule has 0 radical (unpaired) electrons. The Morgan fingerprint density at radius 1 is 1.11 bits per heavy atom. The number of halogens is 2. The van der Waals surface area contributed by atoms with E-state index in [4.69, 9.17) is 0 Å². The van der Waals surface area contributed by atoms with Crippen LogP contribution in [-0.4, -0.2) is 17.5 Å². The van der Waals surface area contributed by atoms with Crippen LogP contribution in [0.4, 0.5) is 25.3 Å². The molecule has 0 unspecified atom stereocenters. The third-order valence-electron chi connectivity index (χ3n) is 3.69. The number of carbonyl (C=O) groups is 1. The van der Waals surface area contributed by atoms with E-state index in [1.165, 1.54) is 29.0 Å². The maximum Gasteiger partial charge on any atom is 0.387 e. The molecule has 1 amide bonds. The highest BCUT2D eigenvalue weighted by Gasteiger charge is 2.11. The molecule has 0 atom stereocenters. The van der Waals surface area contributed by atoms with Gasteiger partial charge in [0.25, 0.3) is 5.91 Å². The Labute approximate surface area is 159 Å². The van der Waals surface area contributed by atoms with Crippen LogP contribution in [-0.2, 0) is 6.42 Å². The minimum Gasteiger partial charge on any atom is -0.435 e. The molecule has 1 aromatic heterocycles. The van der Waals surface area contributed by atoms with Crippen LogP contribution in [0, 0.1) is 0 Å². The molecule has 1 heterocycles. The molecule has 0 bridgehead atoms. The first-order valence-corrected chi connectivity index (χ1v) is 9.09. The summed E-state index contributed by atoms with van der Waals surface area (Å²) < 4.78 is 28.6. The first kappa shape index (κ1) is 18.8. The number of alkyl halides is 2. The summed E-state index contributed by atoms with van der Waals surface area (Å²) in [5.41, 5.74) is 2.83.